The van der Waals surface area contributed by atoms with Gasteiger partial charge in [0.05, 0.1) is 63.2 Å². The second-order valence-corrected chi connectivity index (χ2v) is 10.3. The molecule has 0 N–H and O–H groups in total. The number of carbonyl (C=O) groups excluding carboxylic acids is 1. The van der Waals surface area contributed by atoms with Gasteiger partial charge in [0.1, 0.15) is 0 Å². The number of hydrogen-bond donors (Lipinski definition) is 0. The quantitative estimate of drug-likeness (QED) is 0.196. The first-order chi connectivity index (χ1) is 19.8. The van der Waals surface area contributed by atoms with E-state index in [0.29, 0.717) is 65.9 Å². The molecule has 1 saturated heterocycles. The molecule has 2 aliphatic heterocycles. The number of para-hydroxylation sites is 1. The molecule has 4 rings (SSSR count). The maximum absolute atomic E-state index is 13.7. The number of hydrogen-bond acceptors (Lipinski definition) is 8. The van der Waals surface area contributed by atoms with Crippen molar-refractivity contribution in [2.75, 3.05) is 72.5 Å². The molecule has 12 heteroatoms. The molecule has 2 aromatic rings. The van der Waals surface area contributed by atoms with Crippen LogP contribution in [0.15, 0.2) is 48.5 Å². The number of fused-ring (bicyclic) bond motifs is 1. The molecule has 2 heterocycles. The van der Waals surface area contributed by atoms with Gasteiger partial charge in [-0.15, -0.1) is 5.75 Å². The van der Waals surface area contributed by atoms with Crippen molar-refractivity contribution in [1.82, 2.24) is 4.90 Å². The third-order valence-corrected chi connectivity index (χ3v) is 7.20. The number of ether oxygens (including phenoxy) is 4. The summed E-state index contributed by atoms with van der Waals surface area (Å²) in [6.45, 7) is 8.43. The Morgan fingerprint density at radius 3 is 2.10 bits per heavy atom. The van der Waals surface area contributed by atoms with Crippen molar-refractivity contribution in [3.05, 3.63) is 69.8 Å². The van der Waals surface area contributed by atoms with Crippen LogP contribution in [0.2, 0.25) is 0 Å². The maximum Gasteiger partial charge on any atom is 1.00 e. The van der Waals surface area contributed by atoms with Gasteiger partial charge in [-0.25, -0.2) is 0 Å². The van der Waals surface area contributed by atoms with E-state index in [9.17, 15) is 20.0 Å². The number of nitro groups is 1. The van der Waals surface area contributed by atoms with Crippen LogP contribution in [0.1, 0.15) is 25.0 Å². The Morgan fingerprint density at radius 2 is 1.50 bits per heavy atom. The zero-order valence-electron chi connectivity index (χ0n) is 24.6. The minimum absolute atomic E-state index is 0. The summed E-state index contributed by atoms with van der Waals surface area (Å²) < 4.78 is 24.3. The molecule has 1 amide bonds. The van der Waals surface area contributed by atoms with Crippen molar-refractivity contribution >= 4 is 29.1 Å². The molecule has 0 saturated carbocycles. The average molecular weight is 607 g/mol. The number of benzene rings is 2. The topological polar surface area (TPSA) is 126 Å². The Bertz CT molecular complexity index is 1280. The smallest absolute Gasteiger partial charge is 0.872 e. The molecule has 2 aliphatic rings. The summed E-state index contributed by atoms with van der Waals surface area (Å²) in [7, 11) is 0. The predicted molar refractivity (Wildman–Crippen MR) is 151 cm³/mol. The van der Waals surface area contributed by atoms with Crippen LogP contribution in [0.5, 0.6) is 5.75 Å². The van der Waals surface area contributed by atoms with Crippen molar-refractivity contribution in [3.8, 4) is 5.75 Å². The van der Waals surface area contributed by atoms with Crippen LogP contribution >= 0.6 is 0 Å². The maximum atomic E-state index is 13.7. The second kappa shape index (κ2) is 16.7. The van der Waals surface area contributed by atoms with Crippen molar-refractivity contribution < 1.29 is 89.7 Å². The fraction of sp³-hybridized carbons (Fsp3) is 0.467. The molecule has 0 aromatic heterocycles. The molecule has 0 unspecified atom stereocenters. The number of amides is 1. The number of allylic oxidation sites excluding steroid dienone is 1. The van der Waals surface area contributed by atoms with Crippen LogP contribution in [-0.2, 0) is 29.2 Å². The van der Waals surface area contributed by atoms with Gasteiger partial charge in [0.2, 0.25) is 12.2 Å². The zero-order chi connectivity index (χ0) is 29.2. The third-order valence-electron chi connectivity index (χ3n) is 7.20. The van der Waals surface area contributed by atoms with E-state index in [0.717, 1.165) is 17.0 Å². The predicted octanol–water partition coefficient (Wildman–Crippen LogP) is -0.329. The summed E-state index contributed by atoms with van der Waals surface area (Å²) in [5, 5.41) is 23.7. The number of carbonyl (C=O) groups is 1. The van der Waals surface area contributed by atoms with Gasteiger partial charge in [0, 0.05) is 42.9 Å². The number of nitrogens with zero attached hydrogens (tertiary/aromatic N) is 3. The van der Waals surface area contributed by atoms with E-state index in [1.54, 1.807) is 17.1 Å². The van der Waals surface area contributed by atoms with Gasteiger partial charge in [-0.05, 0) is 25.5 Å². The third kappa shape index (κ3) is 9.00. The summed E-state index contributed by atoms with van der Waals surface area (Å²) in [5.41, 5.74) is 2.30. The van der Waals surface area contributed by atoms with Crippen LogP contribution in [0, 0.1) is 10.1 Å². The van der Waals surface area contributed by atoms with Crippen molar-refractivity contribution in [1.29, 1.82) is 0 Å². The second-order valence-electron chi connectivity index (χ2n) is 10.3. The van der Waals surface area contributed by atoms with Crippen LogP contribution in [0.3, 0.4) is 0 Å². The Hall–Kier alpha value is -2.00. The van der Waals surface area contributed by atoms with E-state index in [-0.39, 0.29) is 80.8 Å². The number of rotatable bonds is 5. The Morgan fingerprint density at radius 1 is 0.929 bits per heavy atom. The van der Waals surface area contributed by atoms with Crippen LogP contribution in [0.25, 0.3) is 6.08 Å². The summed E-state index contributed by atoms with van der Waals surface area (Å²) in [6.07, 6.45) is 3.37. The molecule has 1 fully saturated rings. The first-order valence-electron chi connectivity index (χ1n) is 13.8. The fourth-order valence-corrected chi connectivity index (χ4v) is 4.97. The zero-order valence-corrected chi connectivity index (χ0v) is 27.7. The largest absolute Gasteiger partial charge is 1.00 e. The van der Waals surface area contributed by atoms with Gasteiger partial charge in [0.25, 0.3) is 11.6 Å². The monoisotopic (exact) mass is 606 g/mol. The van der Waals surface area contributed by atoms with E-state index >= 15 is 0 Å². The Balaban J connectivity index is 0.00000484. The molecule has 220 valence electrons. The van der Waals surface area contributed by atoms with E-state index < -0.39 is 10.3 Å². The molecular weight excluding hydrogens is 569 g/mol. The summed E-state index contributed by atoms with van der Waals surface area (Å²) in [5.74, 6) is -0.423. The summed E-state index contributed by atoms with van der Waals surface area (Å²) >= 11 is 0. The molecule has 0 radical (unpaired) electrons. The van der Waals surface area contributed by atoms with Crippen LogP contribution < -0.4 is 56.5 Å². The van der Waals surface area contributed by atoms with Gasteiger partial charge >= 0.3 is 51.4 Å². The number of nitro benzene ring substituents is 1. The molecular formula is C30H37KN3O8+. The van der Waals surface area contributed by atoms with E-state index in [1.807, 2.05) is 28.8 Å². The van der Waals surface area contributed by atoms with Crippen molar-refractivity contribution in [3.63, 3.8) is 0 Å². The first-order valence-corrected chi connectivity index (χ1v) is 13.8. The molecule has 0 bridgehead atoms. The fourth-order valence-electron chi connectivity index (χ4n) is 4.97. The van der Waals surface area contributed by atoms with Crippen molar-refractivity contribution in [2.45, 2.75) is 19.3 Å². The van der Waals surface area contributed by atoms with E-state index in [1.165, 1.54) is 18.2 Å². The molecule has 0 atom stereocenters. The van der Waals surface area contributed by atoms with Gasteiger partial charge in [-0.2, -0.15) is 4.58 Å². The van der Waals surface area contributed by atoms with Crippen LogP contribution in [0.4, 0.5) is 11.4 Å². The van der Waals surface area contributed by atoms with Gasteiger partial charge in [0.15, 0.2) is 5.71 Å². The minimum atomic E-state index is -0.528. The minimum Gasteiger partial charge on any atom is -0.872 e. The average Bonchev–Trinajstić information content (AvgIpc) is 3.15. The molecule has 42 heavy (non-hydrogen) atoms. The molecule has 11 nitrogen and oxygen atoms in total. The molecule has 0 aliphatic carbocycles. The molecule has 2 aromatic carbocycles. The Kier molecular flexibility index (Phi) is 13.7. The normalized spacial score (nSPS) is 18.6. The first kappa shape index (κ1) is 34.5. The van der Waals surface area contributed by atoms with E-state index in [2.05, 4.69) is 13.8 Å². The van der Waals surface area contributed by atoms with Gasteiger partial charge < -0.3 is 29.0 Å². The van der Waals surface area contributed by atoms with Crippen LogP contribution in [-0.4, -0.2) is 98.5 Å². The van der Waals surface area contributed by atoms with Gasteiger partial charge in [-0.3, -0.25) is 14.9 Å². The van der Waals surface area contributed by atoms with Gasteiger partial charge in [-0.1, -0.05) is 24.3 Å². The SMILES string of the molecule is CC1(C)C(/C=C/c2cc([N+](=O)[O-])ccc2[O-])=[N+](CC(=O)N2CCOCCOCCOCCOCC2)c2ccccc21.[K+]. The number of non-ortho nitro benzene ring substituents is 1. The summed E-state index contributed by atoms with van der Waals surface area (Å²) in [4.78, 5) is 26.2. The van der Waals surface area contributed by atoms with E-state index in [4.69, 9.17) is 18.9 Å². The summed E-state index contributed by atoms with van der Waals surface area (Å²) in [6, 6.07) is 11.5. The van der Waals surface area contributed by atoms with Crippen molar-refractivity contribution in [2.24, 2.45) is 0 Å². The standard InChI is InChI=1S/C30H37N3O8.K/c1-30(2)25-5-3-4-6-26(25)32(28(30)10-7-23-21-24(33(36)37)8-9-27(23)34)22-29(35)31-11-13-38-15-17-40-19-20-41-18-16-39-14-12-31;/h3-10,21H,11-20,22H2,1-2H3;/q;+1. The Labute approximate surface area is 288 Å². The molecule has 0 spiro atoms.